The first-order valence-electron chi connectivity index (χ1n) is 4.50. The van der Waals surface area contributed by atoms with E-state index < -0.39 is 4.92 Å². The zero-order valence-electron chi connectivity index (χ0n) is 8.44. The molecule has 0 aliphatic heterocycles. The number of benzene rings is 1. The van der Waals surface area contributed by atoms with Crippen molar-refractivity contribution in [3.8, 4) is 0 Å². The minimum Gasteiger partial charge on any atom is -0.259 e. The molecule has 6 heteroatoms. The van der Waals surface area contributed by atoms with Crippen LogP contribution in [0.1, 0.15) is 13.3 Å². The molecule has 0 fully saturated rings. The molecule has 86 valence electrons. The van der Waals surface area contributed by atoms with Crippen molar-refractivity contribution in [3.63, 3.8) is 0 Å². The predicted octanol–water partition coefficient (Wildman–Crippen LogP) is 4.61. The highest BCUT2D eigenvalue weighted by molar-refractivity contribution is 8.02. The van der Waals surface area contributed by atoms with Crippen molar-refractivity contribution in [3.05, 3.63) is 49.5 Å². The molecule has 0 aliphatic rings. The summed E-state index contributed by atoms with van der Waals surface area (Å²) in [5.74, 6) is 0. The van der Waals surface area contributed by atoms with Crippen molar-refractivity contribution in [1.82, 2.24) is 0 Å². The van der Waals surface area contributed by atoms with E-state index in [0.29, 0.717) is 21.4 Å². The maximum absolute atomic E-state index is 10.6. The molecule has 0 bridgehead atoms. The number of hydrogen-bond acceptors (Lipinski definition) is 3. The molecule has 0 atom stereocenters. The second-order valence-electron chi connectivity index (χ2n) is 2.89. The molecule has 0 amide bonds. The predicted molar refractivity (Wildman–Crippen MR) is 67.7 cm³/mol. The van der Waals surface area contributed by atoms with Gasteiger partial charge in [-0.1, -0.05) is 48.0 Å². The Bertz CT molecular complexity index is 415. The molecule has 1 rings (SSSR count). The SMILES string of the molecule is CCC(=CSc1c(Cl)cccc1Cl)[N+](=O)[O-]. The summed E-state index contributed by atoms with van der Waals surface area (Å²) in [4.78, 5) is 10.8. The van der Waals surface area contributed by atoms with E-state index in [1.807, 2.05) is 0 Å². The van der Waals surface area contributed by atoms with Gasteiger partial charge in [0.1, 0.15) is 0 Å². The van der Waals surface area contributed by atoms with Gasteiger partial charge in [-0.2, -0.15) is 0 Å². The summed E-state index contributed by atoms with van der Waals surface area (Å²) in [5, 5.41) is 13.0. The van der Waals surface area contributed by atoms with Gasteiger partial charge in [0.2, 0.25) is 0 Å². The number of nitro groups is 1. The quantitative estimate of drug-likeness (QED) is 0.458. The minimum absolute atomic E-state index is 0.140. The second kappa shape index (κ2) is 6.13. The zero-order valence-corrected chi connectivity index (χ0v) is 10.8. The highest BCUT2D eigenvalue weighted by Crippen LogP contribution is 2.35. The van der Waals surface area contributed by atoms with Crippen LogP contribution >= 0.6 is 35.0 Å². The van der Waals surface area contributed by atoms with Gasteiger partial charge in [0.25, 0.3) is 5.70 Å². The average Bonchev–Trinajstić information content (AvgIpc) is 2.22. The summed E-state index contributed by atoms with van der Waals surface area (Å²) >= 11 is 13.0. The molecule has 0 spiro atoms. The molecule has 0 heterocycles. The minimum atomic E-state index is -0.405. The molecular formula is C10H9Cl2NO2S. The van der Waals surface area contributed by atoms with Crippen LogP contribution in [-0.2, 0) is 0 Å². The Morgan fingerprint density at radius 1 is 1.50 bits per heavy atom. The van der Waals surface area contributed by atoms with Crippen LogP contribution in [0, 0.1) is 10.1 Å². The van der Waals surface area contributed by atoms with Gasteiger partial charge < -0.3 is 0 Å². The third-order valence-corrected chi connectivity index (χ3v) is 3.75. The first-order chi connectivity index (χ1) is 7.56. The van der Waals surface area contributed by atoms with Crippen LogP contribution in [0.15, 0.2) is 34.2 Å². The topological polar surface area (TPSA) is 43.1 Å². The van der Waals surface area contributed by atoms with Crippen molar-refractivity contribution in [2.24, 2.45) is 0 Å². The van der Waals surface area contributed by atoms with Gasteiger partial charge >= 0.3 is 0 Å². The number of halogens is 2. The van der Waals surface area contributed by atoms with Crippen LogP contribution in [0.2, 0.25) is 10.0 Å². The lowest BCUT2D eigenvalue weighted by atomic mass is 10.4. The van der Waals surface area contributed by atoms with Crippen LogP contribution < -0.4 is 0 Å². The fourth-order valence-corrected chi connectivity index (χ4v) is 2.51. The van der Waals surface area contributed by atoms with E-state index in [1.165, 1.54) is 17.2 Å². The fourth-order valence-electron chi connectivity index (χ4n) is 0.978. The molecular weight excluding hydrogens is 269 g/mol. The Morgan fingerprint density at radius 3 is 2.50 bits per heavy atom. The van der Waals surface area contributed by atoms with E-state index in [2.05, 4.69) is 0 Å². The Hall–Kier alpha value is -0.710. The maximum Gasteiger partial charge on any atom is 0.252 e. The van der Waals surface area contributed by atoms with E-state index in [4.69, 9.17) is 23.2 Å². The highest BCUT2D eigenvalue weighted by Gasteiger charge is 2.10. The summed E-state index contributed by atoms with van der Waals surface area (Å²) in [6, 6.07) is 5.12. The summed E-state index contributed by atoms with van der Waals surface area (Å²) in [6.45, 7) is 1.73. The summed E-state index contributed by atoms with van der Waals surface area (Å²) in [7, 11) is 0. The van der Waals surface area contributed by atoms with Gasteiger partial charge in [-0.25, -0.2) is 0 Å². The van der Waals surface area contributed by atoms with E-state index >= 15 is 0 Å². The molecule has 0 saturated heterocycles. The summed E-state index contributed by atoms with van der Waals surface area (Å²) in [5.41, 5.74) is 0.140. The molecule has 1 aromatic rings. The van der Waals surface area contributed by atoms with E-state index in [-0.39, 0.29) is 5.70 Å². The smallest absolute Gasteiger partial charge is 0.252 e. The van der Waals surface area contributed by atoms with Gasteiger partial charge in [-0.15, -0.1) is 0 Å². The standard InChI is InChI=1S/C10H9Cl2NO2S/c1-2-7(13(14)15)6-16-10-8(11)4-3-5-9(10)12/h3-6H,2H2,1H3. The van der Waals surface area contributed by atoms with Crippen molar-refractivity contribution >= 4 is 35.0 Å². The van der Waals surface area contributed by atoms with Gasteiger partial charge in [-0.05, 0) is 12.1 Å². The third-order valence-electron chi connectivity index (χ3n) is 1.83. The van der Waals surface area contributed by atoms with Crippen LogP contribution in [-0.4, -0.2) is 4.92 Å². The number of nitrogens with zero attached hydrogens (tertiary/aromatic N) is 1. The normalized spacial score (nSPS) is 11.6. The highest BCUT2D eigenvalue weighted by atomic mass is 35.5. The number of hydrogen-bond donors (Lipinski definition) is 0. The molecule has 3 nitrogen and oxygen atoms in total. The monoisotopic (exact) mass is 277 g/mol. The van der Waals surface area contributed by atoms with Crippen LogP contribution in [0.4, 0.5) is 0 Å². The van der Waals surface area contributed by atoms with Crippen LogP contribution in [0.3, 0.4) is 0 Å². The number of thioether (sulfide) groups is 1. The van der Waals surface area contributed by atoms with Crippen LogP contribution in [0.5, 0.6) is 0 Å². The lowest BCUT2D eigenvalue weighted by Gasteiger charge is -2.02. The van der Waals surface area contributed by atoms with E-state index in [0.717, 1.165) is 0 Å². The van der Waals surface area contributed by atoms with Gasteiger partial charge in [0, 0.05) is 16.7 Å². The molecule has 0 unspecified atom stereocenters. The summed E-state index contributed by atoms with van der Waals surface area (Å²) < 4.78 is 0. The summed E-state index contributed by atoms with van der Waals surface area (Å²) in [6.07, 6.45) is 0.363. The first-order valence-corrected chi connectivity index (χ1v) is 6.14. The molecule has 16 heavy (non-hydrogen) atoms. The van der Waals surface area contributed by atoms with Crippen molar-refractivity contribution in [2.45, 2.75) is 18.2 Å². The van der Waals surface area contributed by atoms with E-state index in [1.54, 1.807) is 25.1 Å². The lowest BCUT2D eigenvalue weighted by molar-refractivity contribution is -0.427. The first kappa shape index (κ1) is 13.4. The average molecular weight is 278 g/mol. The Balaban J connectivity index is 2.93. The zero-order chi connectivity index (χ0) is 12.1. The third kappa shape index (κ3) is 3.40. The van der Waals surface area contributed by atoms with Gasteiger partial charge in [0.15, 0.2) is 0 Å². The van der Waals surface area contributed by atoms with Crippen molar-refractivity contribution in [2.75, 3.05) is 0 Å². The fraction of sp³-hybridized carbons (Fsp3) is 0.200. The van der Waals surface area contributed by atoms with Crippen molar-refractivity contribution in [1.29, 1.82) is 0 Å². The Labute approximate surface area is 108 Å². The Kier molecular flexibility index (Phi) is 5.12. The molecule has 0 aromatic heterocycles. The van der Waals surface area contributed by atoms with Gasteiger partial charge in [-0.3, -0.25) is 10.1 Å². The van der Waals surface area contributed by atoms with Crippen LogP contribution in [0.25, 0.3) is 0 Å². The van der Waals surface area contributed by atoms with Crippen molar-refractivity contribution < 1.29 is 4.92 Å². The maximum atomic E-state index is 10.6. The van der Waals surface area contributed by atoms with E-state index in [9.17, 15) is 10.1 Å². The molecule has 1 aromatic carbocycles. The number of rotatable bonds is 4. The molecule has 0 aliphatic carbocycles. The Morgan fingerprint density at radius 2 is 2.06 bits per heavy atom. The van der Waals surface area contributed by atoms with Gasteiger partial charge in [0.05, 0.1) is 15.0 Å². The molecule has 0 radical (unpaired) electrons. The molecule has 0 saturated carbocycles. The molecule has 0 N–H and O–H groups in total. The number of allylic oxidation sites excluding steroid dienone is 1. The largest absolute Gasteiger partial charge is 0.259 e. The lowest BCUT2D eigenvalue weighted by Crippen LogP contribution is -1.95. The second-order valence-corrected chi connectivity index (χ2v) is 4.58.